The second kappa shape index (κ2) is 3.63. The van der Waals surface area contributed by atoms with Crippen molar-refractivity contribution < 1.29 is 0 Å². The second-order valence-corrected chi connectivity index (χ2v) is 4.15. The number of nitrogen functional groups attached to an aromatic ring is 1. The van der Waals surface area contributed by atoms with Crippen LogP contribution in [0, 0.1) is 0 Å². The van der Waals surface area contributed by atoms with Crippen molar-refractivity contribution in [3.8, 4) is 11.3 Å². The van der Waals surface area contributed by atoms with Gasteiger partial charge in [0, 0.05) is 16.1 Å². The van der Waals surface area contributed by atoms with E-state index in [4.69, 9.17) is 17.3 Å². The third-order valence-electron chi connectivity index (χ3n) is 1.82. The van der Waals surface area contributed by atoms with Crippen LogP contribution >= 0.6 is 27.5 Å². The molecular formula is C9H7BrClN3. The summed E-state index contributed by atoms with van der Waals surface area (Å²) >= 11 is 9.41. The predicted octanol–water partition coefficient (Wildman–Crippen LogP) is 3.07. The highest BCUT2D eigenvalue weighted by molar-refractivity contribution is 9.10. The molecule has 0 amide bonds. The average molecular weight is 273 g/mol. The first-order valence-corrected chi connectivity index (χ1v) is 5.10. The number of anilines is 1. The maximum absolute atomic E-state index is 6.03. The summed E-state index contributed by atoms with van der Waals surface area (Å²) in [6, 6.07) is 7.35. The maximum atomic E-state index is 6.03. The molecule has 0 bridgehead atoms. The lowest BCUT2D eigenvalue weighted by molar-refractivity contribution is 1.10. The van der Waals surface area contributed by atoms with Crippen LogP contribution in [-0.4, -0.2) is 10.2 Å². The van der Waals surface area contributed by atoms with Crippen LogP contribution in [0.3, 0.4) is 0 Å². The van der Waals surface area contributed by atoms with Crippen LogP contribution in [0.2, 0.25) is 5.02 Å². The highest BCUT2D eigenvalue weighted by Crippen LogP contribution is 2.29. The molecule has 0 aliphatic carbocycles. The molecule has 0 saturated carbocycles. The first kappa shape index (κ1) is 9.55. The number of nitrogens with one attached hydrogen (secondary N) is 1. The fraction of sp³-hybridized carbons (Fsp3) is 0. The van der Waals surface area contributed by atoms with E-state index in [-0.39, 0.29) is 0 Å². The van der Waals surface area contributed by atoms with Crippen LogP contribution in [0.25, 0.3) is 11.3 Å². The summed E-state index contributed by atoms with van der Waals surface area (Å²) in [5, 5.41) is 7.32. The Labute approximate surface area is 94.4 Å². The smallest absolute Gasteiger partial charge is 0.145 e. The molecule has 14 heavy (non-hydrogen) atoms. The lowest BCUT2D eigenvalue weighted by atomic mass is 10.1. The molecule has 5 heteroatoms. The SMILES string of the molecule is Nc1cc(-c2cc(Br)ccc2Cl)[nH]n1. The summed E-state index contributed by atoms with van der Waals surface area (Å²) in [4.78, 5) is 0. The van der Waals surface area contributed by atoms with E-state index >= 15 is 0 Å². The Morgan fingerprint density at radius 3 is 2.79 bits per heavy atom. The molecule has 3 nitrogen and oxygen atoms in total. The number of H-pyrrole nitrogens is 1. The van der Waals surface area contributed by atoms with Crippen LogP contribution in [0.1, 0.15) is 0 Å². The fourth-order valence-corrected chi connectivity index (χ4v) is 1.76. The molecule has 1 heterocycles. The molecule has 72 valence electrons. The van der Waals surface area contributed by atoms with Crippen molar-refractivity contribution in [1.82, 2.24) is 10.2 Å². The maximum Gasteiger partial charge on any atom is 0.145 e. The minimum Gasteiger partial charge on any atom is -0.382 e. The van der Waals surface area contributed by atoms with Gasteiger partial charge in [0.1, 0.15) is 5.82 Å². The highest BCUT2D eigenvalue weighted by Gasteiger charge is 2.06. The number of hydrogen-bond donors (Lipinski definition) is 2. The Hall–Kier alpha value is -1.00. The van der Waals surface area contributed by atoms with Crippen LogP contribution in [0.15, 0.2) is 28.7 Å². The molecule has 0 radical (unpaired) electrons. The van der Waals surface area contributed by atoms with Gasteiger partial charge in [-0.05, 0) is 18.2 Å². The summed E-state index contributed by atoms with van der Waals surface area (Å²) in [5.41, 5.74) is 7.20. The van der Waals surface area contributed by atoms with Crippen LogP contribution < -0.4 is 5.73 Å². The zero-order valence-corrected chi connectivity index (χ0v) is 9.43. The van der Waals surface area contributed by atoms with Crippen molar-refractivity contribution in [2.24, 2.45) is 0 Å². The monoisotopic (exact) mass is 271 g/mol. The van der Waals surface area contributed by atoms with E-state index in [0.717, 1.165) is 15.7 Å². The van der Waals surface area contributed by atoms with Crippen molar-refractivity contribution in [2.45, 2.75) is 0 Å². The van der Waals surface area contributed by atoms with Crippen LogP contribution in [0.4, 0.5) is 5.82 Å². The van der Waals surface area contributed by atoms with Crippen LogP contribution in [-0.2, 0) is 0 Å². The van der Waals surface area contributed by atoms with Gasteiger partial charge in [0.15, 0.2) is 0 Å². The van der Waals surface area contributed by atoms with Gasteiger partial charge < -0.3 is 5.73 Å². The summed E-state index contributed by atoms with van der Waals surface area (Å²) in [6.45, 7) is 0. The quantitative estimate of drug-likeness (QED) is 0.838. The fourth-order valence-electron chi connectivity index (χ4n) is 1.18. The highest BCUT2D eigenvalue weighted by atomic mass is 79.9. The molecular weight excluding hydrogens is 265 g/mol. The van der Waals surface area contributed by atoms with Gasteiger partial charge in [-0.25, -0.2) is 0 Å². The number of halogens is 2. The molecule has 2 rings (SSSR count). The zero-order valence-electron chi connectivity index (χ0n) is 7.09. The van der Waals surface area contributed by atoms with Crippen molar-refractivity contribution in [3.63, 3.8) is 0 Å². The number of nitrogens with two attached hydrogens (primary N) is 1. The Kier molecular flexibility index (Phi) is 2.48. The van der Waals surface area contributed by atoms with Gasteiger partial charge >= 0.3 is 0 Å². The second-order valence-electron chi connectivity index (χ2n) is 2.83. The average Bonchev–Trinajstić information content (AvgIpc) is 2.56. The van der Waals surface area contributed by atoms with Crippen molar-refractivity contribution >= 4 is 33.3 Å². The first-order chi connectivity index (χ1) is 6.66. The lowest BCUT2D eigenvalue weighted by Gasteiger charge is -2.01. The van der Waals surface area contributed by atoms with E-state index in [1.807, 2.05) is 18.2 Å². The normalized spacial score (nSPS) is 10.4. The van der Waals surface area contributed by atoms with E-state index < -0.39 is 0 Å². The van der Waals surface area contributed by atoms with Gasteiger partial charge in [0.05, 0.1) is 10.7 Å². The van der Waals surface area contributed by atoms with Gasteiger partial charge in [0.25, 0.3) is 0 Å². The molecule has 0 fully saturated rings. The molecule has 2 aromatic rings. The third kappa shape index (κ3) is 1.76. The van der Waals surface area contributed by atoms with Gasteiger partial charge in [-0.3, -0.25) is 5.10 Å². The summed E-state index contributed by atoms with van der Waals surface area (Å²) in [6.07, 6.45) is 0. The summed E-state index contributed by atoms with van der Waals surface area (Å²) in [7, 11) is 0. The number of nitrogens with zero attached hydrogens (tertiary/aromatic N) is 1. The standard InChI is InChI=1S/C9H7BrClN3/c10-5-1-2-7(11)6(3-5)8-4-9(12)14-13-8/h1-4H,(H3,12,13,14). The number of rotatable bonds is 1. The molecule has 3 N–H and O–H groups in total. The molecule has 1 aromatic heterocycles. The lowest BCUT2D eigenvalue weighted by Crippen LogP contribution is -1.81. The van der Waals surface area contributed by atoms with E-state index in [0.29, 0.717) is 10.8 Å². The van der Waals surface area contributed by atoms with Gasteiger partial charge in [-0.15, -0.1) is 0 Å². The van der Waals surface area contributed by atoms with Gasteiger partial charge in [0.2, 0.25) is 0 Å². The molecule has 0 saturated heterocycles. The van der Waals surface area contributed by atoms with E-state index in [1.165, 1.54) is 0 Å². The van der Waals surface area contributed by atoms with E-state index in [9.17, 15) is 0 Å². The largest absolute Gasteiger partial charge is 0.382 e. The topological polar surface area (TPSA) is 54.7 Å². The molecule has 0 atom stereocenters. The van der Waals surface area contributed by atoms with Gasteiger partial charge in [-0.2, -0.15) is 5.10 Å². The number of aromatic nitrogens is 2. The Bertz CT molecular complexity index is 467. The minimum atomic E-state index is 0.455. The van der Waals surface area contributed by atoms with Gasteiger partial charge in [-0.1, -0.05) is 27.5 Å². The van der Waals surface area contributed by atoms with Crippen LogP contribution in [0.5, 0.6) is 0 Å². The number of benzene rings is 1. The van der Waals surface area contributed by atoms with E-state index in [2.05, 4.69) is 26.1 Å². The molecule has 0 aliphatic rings. The third-order valence-corrected chi connectivity index (χ3v) is 2.64. The Morgan fingerprint density at radius 1 is 1.36 bits per heavy atom. The molecule has 1 aromatic carbocycles. The summed E-state index contributed by atoms with van der Waals surface area (Å²) in [5.74, 6) is 0.455. The van der Waals surface area contributed by atoms with Crippen molar-refractivity contribution in [2.75, 3.05) is 5.73 Å². The minimum absolute atomic E-state index is 0.455. The molecule has 0 aliphatic heterocycles. The Morgan fingerprint density at radius 2 is 2.14 bits per heavy atom. The molecule has 0 unspecified atom stereocenters. The number of hydrogen-bond acceptors (Lipinski definition) is 2. The van der Waals surface area contributed by atoms with E-state index in [1.54, 1.807) is 6.07 Å². The molecule has 0 spiro atoms. The Balaban J connectivity index is 2.55. The predicted molar refractivity (Wildman–Crippen MR) is 61.1 cm³/mol. The first-order valence-electron chi connectivity index (χ1n) is 3.93. The summed E-state index contributed by atoms with van der Waals surface area (Å²) < 4.78 is 0.963. The van der Waals surface area contributed by atoms with Crippen molar-refractivity contribution in [1.29, 1.82) is 0 Å². The zero-order chi connectivity index (χ0) is 10.1. The number of aromatic amines is 1. The van der Waals surface area contributed by atoms with Crippen molar-refractivity contribution in [3.05, 3.63) is 33.8 Å².